The fourth-order valence-electron chi connectivity index (χ4n) is 2.56. The van der Waals surface area contributed by atoms with Crippen molar-refractivity contribution in [2.45, 2.75) is 13.0 Å². The normalized spacial score (nSPS) is 21.4. The van der Waals surface area contributed by atoms with Gasteiger partial charge in [-0.15, -0.1) is 0 Å². The molecule has 92 valence electrons. The Labute approximate surface area is 102 Å². The van der Waals surface area contributed by atoms with Gasteiger partial charge in [0.2, 0.25) is 0 Å². The smallest absolute Gasteiger partial charge is 0.135 e. The highest BCUT2D eigenvalue weighted by atomic mass is 15.3. The van der Waals surface area contributed by atoms with E-state index in [-0.39, 0.29) is 0 Å². The van der Waals surface area contributed by atoms with Crippen molar-refractivity contribution >= 4 is 5.82 Å². The van der Waals surface area contributed by atoms with Gasteiger partial charge in [-0.05, 0) is 20.0 Å². The first-order chi connectivity index (χ1) is 8.34. The van der Waals surface area contributed by atoms with E-state index in [1.165, 1.54) is 17.1 Å². The van der Waals surface area contributed by atoms with Crippen LogP contribution in [0.5, 0.6) is 0 Å². The number of nitrogens with one attached hydrogen (secondary N) is 1. The van der Waals surface area contributed by atoms with Gasteiger partial charge in [0.25, 0.3) is 0 Å². The second kappa shape index (κ2) is 4.58. The monoisotopic (exact) mass is 233 g/mol. The standard InChI is InChI=1S/C12H19N5/c1-16-4-6-17(7-5-16)12-10-2-3-13-8-11(10)14-9-15-12/h9,13H,2-8H2,1H3. The van der Waals surface area contributed by atoms with Crippen LogP contribution in [-0.2, 0) is 13.0 Å². The summed E-state index contributed by atoms with van der Waals surface area (Å²) in [5, 5.41) is 3.36. The second-order valence-corrected chi connectivity index (χ2v) is 4.84. The van der Waals surface area contributed by atoms with Gasteiger partial charge in [0.15, 0.2) is 0 Å². The van der Waals surface area contributed by atoms with Gasteiger partial charge in [-0.2, -0.15) is 0 Å². The van der Waals surface area contributed by atoms with E-state index in [4.69, 9.17) is 0 Å². The Bertz CT molecular complexity index is 398. The Morgan fingerprint density at radius 2 is 2.00 bits per heavy atom. The number of hydrogen-bond donors (Lipinski definition) is 1. The van der Waals surface area contributed by atoms with Crippen molar-refractivity contribution in [1.29, 1.82) is 0 Å². The molecule has 1 aromatic heterocycles. The third-order valence-electron chi connectivity index (χ3n) is 3.66. The minimum Gasteiger partial charge on any atom is -0.354 e. The van der Waals surface area contributed by atoms with Crippen molar-refractivity contribution in [1.82, 2.24) is 20.2 Å². The lowest BCUT2D eigenvalue weighted by molar-refractivity contribution is 0.311. The maximum Gasteiger partial charge on any atom is 0.135 e. The van der Waals surface area contributed by atoms with Crippen LogP contribution in [0.3, 0.4) is 0 Å². The summed E-state index contributed by atoms with van der Waals surface area (Å²) in [6.45, 7) is 6.33. The van der Waals surface area contributed by atoms with E-state index >= 15 is 0 Å². The van der Waals surface area contributed by atoms with E-state index in [1.807, 2.05) is 0 Å². The Hall–Kier alpha value is -1.20. The quantitative estimate of drug-likeness (QED) is 0.732. The molecule has 0 radical (unpaired) electrons. The predicted molar refractivity (Wildman–Crippen MR) is 67.2 cm³/mol. The molecule has 0 atom stereocenters. The summed E-state index contributed by atoms with van der Waals surface area (Å²) in [6.07, 6.45) is 2.76. The van der Waals surface area contributed by atoms with Crippen LogP contribution in [0.15, 0.2) is 6.33 Å². The van der Waals surface area contributed by atoms with Gasteiger partial charge in [-0.3, -0.25) is 0 Å². The van der Waals surface area contributed by atoms with Crippen molar-refractivity contribution < 1.29 is 0 Å². The lowest BCUT2D eigenvalue weighted by Gasteiger charge is -2.35. The molecule has 0 unspecified atom stereocenters. The van der Waals surface area contributed by atoms with Gasteiger partial charge in [0.1, 0.15) is 12.1 Å². The van der Waals surface area contributed by atoms with E-state index < -0.39 is 0 Å². The van der Waals surface area contributed by atoms with E-state index in [0.717, 1.165) is 45.7 Å². The fraction of sp³-hybridized carbons (Fsp3) is 0.667. The number of fused-ring (bicyclic) bond motifs is 1. The molecule has 5 nitrogen and oxygen atoms in total. The first-order valence-electron chi connectivity index (χ1n) is 6.31. The molecule has 1 aromatic rings. The van der Waals surface area contributed by atoms with Gasteiger partial charge in [-0.1, -0.05) is 0 Å². The molecule has 0 spiro atoms. The van der Waals surface area contributed by atoms with Crippen LogP contribution in [0.1, 0.15) is 11.3 Å². The van der Waals surface area contributed by atoms with Gasteiger partial charge in [0.05, 0.1) is 5.69 Å². The maximum absolute atomic E-state index is 4.51. The maximum atomic E-state index is 4.51. The molecular weight excluding hydrogens is 214 g/mol. The molecule has 0 bridgehead atoms. The Morgan fingerprint density at radius 3 is 2.82 bits per heavy atom. The molecule has 0 aromatic carbocycles. The van der Waals surface area contributed by atoms with Gasteiger partial charge >= 0.3 is 0 Å². The Morgan fingerprint density at radius 1 is 1.18 bits per heavy atom. The summed E-state index contributed by atoms with van der Waals surface area (Å²) in [5.74, 6) is 1.17. The van der Waals surface area contributed by atoms with Crippen LogP contribution in [0, 0.1) is 0 Å². The van der Waals surface area contributed by atoms with Gasteiger partial charge in [-0.25, -0.2) is 9.97 Å². The highest BCUT2D eigenvalue weighted by Gasteiger charge is 2.21. The summed E-state index contributed by atoms with van der Waals surface area (Å²) in [4.78, 5) is 13.7. The van der Waals surface area contributed by atoms with E-state index in [9.17, 15) is 0 Å². The zero-order valence-corrected chi connectivity index (χ0v) is 10.3. The van der Waals surface area contributed by atoms with Gasteiger partial charge < -0.3 is 15.1 Å². The molecule has 17 heavy (non-hydrogen) atoms. The predicted octanol–water partition coefficient (Wildman–Crippen LogP) is -0.126. The second-order valence-electron chi connectivity index (χ2n) is 4.84. The summed E-state index contributed by atoms with van der Waals surface area (Å²) in [6, 6.07) is 0. The van der Waals surface area contributed by atoms with Crippen LogP contribution < -0.4 is 10.2 Å². The van der Waals surface area contributed by atoms with Crippen LogP contribution in [0.4, 0.5) is 5.82 Å². The summed E-state index contributed by atoms with van der Waals surface area (Å²) in [7, 11) is 2.18. The highest BCUT2D eigenvalue weighted by Crippen LogP contribution is 2.23. The first kappa shape index (κ1) is 10.9. The van der Waals surface area contributed by atoms with Crippen molar-refractivity contribution in [2.75, 3.05) is 44.7 Å². The number of hydrogen-bond acceptors (Lipinski definition) is 5. The van der Waals surface area contributed by atoms with Crippen molar-refractivity contribution in [3.63, 3.8) is 0 Å². The van der Waals surface area contributed by atoms with Crippen molar-refractivity contribution in [3.05, 3.63) is 17.6 Å². The Kier molecular flexibility index (Phi) is 2.94. The number of rotatable bonds is 1. The number of nitrogens with zero attached hydrogens (tertiary/aromatic N) is 4. The third-order valence-corrected chi connectivity index (χ3v) is 3.66. The minimum absolute atomic E-state index is 0.887. The zero-order valence-electron chi connectivity index (χ0n) is 10.3. The largest absolute Gasteiger partial charge is 0.354 e. The van der Waals surface area contributed by atoms with Crippen molar-refractivity contribution in [2.24, 2.45) is 0 Å². The zero-order chi connectivity index (χ0) is 11.7. The lowest BCUT2D eigenvalue weighted by atomic mass is 10.1. The van der Waals surface area contributed by atoms with Crippen LogP contribution in [-0.4, -0.2) is 54.6 Å². The third kappa shape index (κ3) is 2.12. The van der Waals surface area contributed by atoms with E-state index in [0.29, 0.717) is 0 Å². The molecule has 0 aliphatic carbocycles. The van der Waals surface area contributed by atoms with Crippen LogP contribution >= 0.6 is 0 Å². The topological polar surface area (TPSA) is 44.3 Å². The molecule has 0 saturated carbocycles. The number of anilines is 1. The van der Waals surface area contributed by atoms with Gasteiger partial charge in [0, 0.05) is 38.3 Å². The summed E-state index contributed by atoms with van der Waals surface area (Å²) < 4.78 is 0. The molecule has 2 aliphatic heterocycles. The van der Waals surface area contributed by atoms with Crippen LogP contribution in [0.2, 0.25) is 0 Å². The molecule has 1 fully saturated rings. The molecule has 3 heterocycles. The Balaban J connectivity index is 1.87. The number of piperazine rings is 1. The lowest BCUT2D eigenvalue weighted by Crippen LogP contribution is -2.45. The molecule has 1 saturated heterocycles. The highest BCUT2D eigenvalue weighted by molar-refractivity contribution is 5.50. The molecule has 0 amide bonds. The number of aromatic nitrogens is 2. The average Bonchev–Trinajstić information content (AvgIpc) is 2.39. The van der Waals surface area contributed by atoms with Crippen molar-refractivity contribution in [3.8, 4) is 0 Å². The summed E-state index contributed by atoms with van der Waals surface area (Å²) >= 11 is 0. The van der Waals surface area contributed by atoms with E-state index in [1.54, 1.807) is 6.33 Å². The average molecular weight is 233 g/mol. The number of likely N-dealkylation sites (N-methyl/N-ethyl adjacent to an activating group) is 1. The molecule has 5 heteroatoms. The van der Waals surface area contributed by atoms with E-state index in [2.05, 4.69) is 32.1 Å². The minimum atomic E-state index is 0.887. The SMILES string of the molecule is CN1CCN(c2ncnc3c2CCNC3)CC1. The summed E-state index contributed by atoms with van der Waals surface area (Å²) in [5.41, 5.74) is 2.54. The first-order valence-corrected chi connectivity index (χ1v) is 6.31. The molecule has 2 aliphatic rings. The van der Waals surface area contributed by atoms with Crippen LogP contribution in [0.25, 0.3) is 0 Å². The fourth-order valence-corrected chi connectivity index (χ4v) is 2.56. The molecular formula is C12H19N5. The molecule has 1 N–H and O–H groups in total. The molecule has 3 rings (SSSR count).